The zero-order chi connectivity index (χ0) is 24.5. The quantitative estimate of drug-likeness (QED) is 0.403. The molecule has 182 valence electrons. The number of pyridine rings is 1. The molecular formula is C26H34N4O3S. The van der Waals surface area contributed by atoms with Crippen LogP contribution in [0.1, 0.15) is 25.0 Å². The van der Waals surface area contributed by atoms with E-state index in [2.05, 4.69) is 46.1 Å². The first kappa shape index (κ1) is 25.5. The molecule has 7 nitrogen and oxygen atoms in total. The minimum atomic E-state index is -0.140. The second-order valence-electron chi connectivity index (χ2n) is 8.01. The van der Waals surface area contributed by atoms with Gasteiger partial charge >= 0.3 is 0 Å². The van der Waals surface area contributed by atoms with Gasteiger partial charge in [-0.25, -0.2) is 0 Å². The van der Waals surface area contributed by atoms with Crippen LogP contribution < -0.4 is 20.3 Å². The summed E-state index contributed by atoms with van der Waals surface area (Å²) in [5, 5.41) is 4.86. The fourth-order valence-electron chi connectivity index (χ4n) is 3.84. The Kier molecular flexibility index (Phi) is 9.30. The number of hydrogen-bond donors (Lipinski definition) is 2. The fourth-order valence-corrected chi connectivity index (χ4v) is 4.07. The van der Waals surface area contributed by atoms with E-state index in [1.54, 1.807) is 20.3 Å². The molecular weight excluding hydrogens is 448 g/mol. The van der Waals surface area contributed by atoms with Crippen molar-refractivity contribution in [3.8, 4) is 11.5 Å². The molecule has 0 saturated carbocycles. The van der Waals surface area contributed by atoms with Crippen molar-refractivity contribution in [1.82, 2.24) is 20.1 Å². The van der Waals surface area contributed by atoms with Gasteiger partial charge in [0.15, 0.2) is 16.6 Å². The molecule has 0 aliphatic heterocycles. The molecule has 0 saturated heterocycles. The van der Waals surface area contributed by atoms with Crippen LogP contribution in [0.5, 0.6) is 11.5 Å². The molecule has 2 N–H and O–H groups in total. The standard InChI is InChI=1S/C26H34N4O3S/c1-5-29(6-2)12-13-30(26(34)27-17-19-10-8-7-9-11-19)18-21-14-20-15-23(32-3)24(33-4)16-22(20)28-25(21)31/h7-11,14-16H,5-6,12-13,17-18H2,1-4H3,(H,27,34)(H,28,31). The number of methoxy groups -OCH3 is 2. The van der Waals surface area contributed by atoms with Gasteiger partial charge in [0.1, 0.15) is 0 Å². The number of aromatic amines is 1. The summed E-state index contributed by atoms with van der Waals surface area (Å²) in [6, 6.07) is 15.7. The molecule has 3 rings (SSSR count). The van der Waals surface area contributed by atoms with Gasteiger partial charge in [-0.15, -0.1) is 0 Å². The fraction of sp³-hybridized carbons (Fsp3) is 0.385. The molecule has 2 aromatic carbocycles. The highest BCUT2D eigenvalue weighted by Gasteiger charge is 2.16. The van der Waals surface area contributed by atoms with Crippen molar-refractivity contribution in [2.45, 2.75) is 26.9 Å². The molecule has 0 amide bonds. The smallest absolute Gasteiger partial charge is 0.253 e. The lowest BCUT2D eigenvalue weighted by molar-refractivity contribution is 0.263. The summed E-state index contributed by atoms with van der Waals surface area (Å²) >= 11 is 5.76. The second-order valence-corrected chi connectivity index (χ2v) is 8.40. The molecule has 1 aromatic heterocycles. The Balaban J connectivity index is 1.85. The number of hydrogen-bond acceptors (Lipinski definition) is 5. The average Bonchev–Trinajstić information content (AvgIpc) is 2.87. The Morgan fingerprint density at radius 2 is 1.68 bits per heavy atom. The highest BCUT2D eigenvalue weighted by atomic mass is 32.1. The Bertz CT molecular complexity index is 1150. The summed E-state index contributed by atoms with van der Waals surface area (Å²) in [6.07, 6.45) is 0. The van der Waals surface area contributed by atoms with E-state index in [1.165, 1.54) is 0 Å². The summed E-state index contributed by atoms with van der Waals surface area (Å²) in [5.74, 6) is 1.19. The number of rotatable bonds is 11. The van der Waals surface area contributed by atoms with Crippen LogP contribution in [0.3, 0.4) is 0 Å². The first-order chi connectivity index (χ1) is 16.5. The van der Waals surface area contributed by atoms with E-state index < -0.39 is 0 Å². The van der Waals surface area contributed by atoms with Gasteiger partial charge in [-0.05, 0) is 43.0 Å². The number of ether oxygens (including phenoxy) is 2. The third kappa shape index (κ3) is 6.48. The SMILES string of the molecule is CCN(CC)CCN(Cc1cc2cc(OC)c(OC)cc2[nH]c1=O)C(=S)NCc1ccccc1. The van der Waals surface area contributed by atoms with Crippen molar-refractivity contribution in [2.24, 2.45) is 0 Å². The Hall–Kier alpha value is -3.10. The van der Waals surface area contributed by atoms with Crippen LogP contribution in [0.2, 0.25) is 0 Å². The number of nitrogens with zero attached hydrogens (tertiary/aromatic N) is 2. The first-order valence-corrected chi connectivity index (χ1v) is 12.0. The number of aromatic nitrogens is 1. The van der Waals surface area contributed by atoms with Crippen LogP contribution >= 0.6 is 12.2 Å². The number of H-pyrrole nitrogens is 1. The highest BCUT2D eigenvalue weighted by Crippen LogP contribution is 2.31. The summed E-state index contributed by atoms with van der Waals surface area (Å²) in [4.78, 5) is 20.3. The Morgan fingerprint density at radius 3 is 2.32 bits per heavy atom. The number of likely N-dealkylation sites (N-methyl/N-ethyl adjacent to an activating group) is 1. The van der Waals surface area contributed by atoms with E-state index in [0.29, 0.717) is 47.3 Å². The van der Waals surface area contributed by atoms with Crippen LogP contribution in [0.25, 0.3) is 10.9 Å². The van der Waals surface area contributed by atoms with Crippen LogP contribution in [0.15, 0.2) is 53.3 Å². The van der Waals surface area contributed by atoms with Gasteiger partial charge in [0.2, 0.25) is 0 Å². The normalized spacial score (nSPS) is 11.0. The van der Waals surface area contributed by atoms with Crippen LogP contribution in [0.4, 0.5) is 0 Å². The second kappa shape index (κ2) is 12.4. The molecule has 0 spiro atoms. The lowest BCUT2D eigenvalue weighted by Crippen LogP contribution is -2.44. The van der Waals surface area contributed by atoms with Gasteiger partial charge in [0, 0.05) is 36.7 Å². The van der Waals surface area contributed by atoms with Gasteiger partial charge in [-0.2, -0.15) is 0 Å². The minimum absolute atomic E-state index is 0.140. The molecule has 0 unspecified atom stereocenters. The summed E-state index contributed by atoms with van der Waals surface area (Å²) < 4.78 is 10.8. The first-order valence-electron chi connectivity index (χ1n) is 11.6. The van der Waals surface area contributed by atoms with Crippen molar-refractivity contribution in [3.05, 3.63) is 70.0 Å². The molecule has 1 heterocycles. The van der Waals surface area contributed by atoms with Crippen molar-refractivity contribution in [3.63, 3.8) is 0 Å². The zero-order valence-electron chi connectivity index (χ0n) is 20.4. The summed E-state index contributed by atoms with van der Waals surface area (Å²) in [7, 11) is 3.18. The minimum Gasteiger partial charge on any atom is -0.493 e. The maximum absolute atomic E-state index is 12.9. The van der Waals surface area contributed by atoms with Crippen molar-refractivity contribution in [1.29, 1.82) is 0 Å². The largest absolute Gasteiger partial charge is 0.493 e. The predicted molar refractivity (Wildman–Crippen MR) is 142 cm³/mol. The van der Waals surface area contributed by atoms with E-state index in [-0.39, 0.29) is 5.56 Å². The molecule has 0 atom stereocenters. The highest BCUT2D eigenvalue weighted by molar-refractivity contribution is 7.80. The van der Waals surface area contributed by atoms with E-state index in [4.69, 9.17) is 21.7 Å². The monoisotopic (exact) mass is 482 g/mol. The van der Waals surface area contributed by atoms with E-state index in [9.17, 15) is 4.79 Å². The van der Waals surface area contributed by atoms with Crippen molar-refractivity contribution in [2.75, 3.05) is 40.4 Å². The molecule has 8 heteroatoms. The Morgan fingerprint density at radius 1 is 1.00 bits per heavy atom. The van der Waals surface area contributed by atoms with Crippen molar-refractivity contribution >= 4 is 28.2 Å². The van der Waals surface area contributed by atoms with E-state index in [0.717, 1.165) is 30.6 Å². The molecule has 0 bridgehead atoms. The number of nitrogens with one attached hydrogen (secondary N) is 2. The Labute approximate surface area is 206 Å². The van der Waals surface area contributed by atoms with Crippen molar-refractivity contribution < 1.29 is 9.47 Å². The maximum atomic E-state index is 12.9. The maximum Gasteiger partial charge on any atom is 0.253 e. The summed E-state index contributed by atoms with van der Waals surface area (Å²) in [6.45, 7) is 8.83. The van der Waals surface area contributed by atoms with E-state index >= 15 is 0 Å². The molecule has 0 aliphatic carbocycles. The van der Waals surface area contributed by atoms with Gasteiger partial charge < -0.3 is 29.6 Å². The lowest BCUT2D eigenvalue weighted by atomic mass is 10.1. The van der Waals surface area contributed by atoms with Crippen LogP contribution in [-0.2, 0) is 13.1 Å². The third-order valence-corrected chi connectivity index (χ3v) is 6.34. The predicted octanol–water partition coefficient (Wildman–Crippen LogP) is 3.76. The van der Waals surface area contributed by atoms with Gasteiger partial charge in [0.05, 0.1) is 26.3 Å². The number of thiocarbonyl (C=S) groups is 1. The lowest BCUT2D eigenvalue weighted by Gasteiger charge is -2.29. The van der Waals surface area contributed by atoms with Gasteiger partial charge in [-0.1, -0.05) is 44.2 Å². The molecule has 34 heavy (non-hydrogen) atoms. The summed E-state index contributed by atoms with van der Waals surface area (Å²) in [5.41, 5.74) is 2.35. The van der Waals surface area contributed by atoms with Gasteiger partial charge in [0.25, 0.3) is 5.56 Å². The number of fused-ring (bicyclic) bond motifs is 1. The molecule has 3 aromatic rings. The average molecular weight is 483 g/mol. The topological polar surface area (TPSA) is 69.8 Å². The number of benzene rings is 2. The van der Waals surface area contributed by atoms with Gasteiger partial charge in [-0.3, -0.25) is 4.79 Å². The zero-order valence-corrected chi connectivity index (χ0v) is 21.2. The molecule has 0 aliphatic rings. The molecule has 0 radical (unpaired) electrons. The van der Waals surface area contributed by atoms with Crippen LogP contribution in [-0.4, -0.2) is 60.3 Å². The molecule has 0 fully saturated rings. The van der Waals surface area contributed by atoms with Crippen LogP contribution in [0, 0.1) is 0 Å². The third-order valence-electron chi connectivity index (χ3n) is 5.94. The van der Waals surface area contributed by atoms with E-state index in [1.807, 2.05) is 30.3 Å².